The zero-order valence-corrected chi connectivity index (χ0v) is 10.8. The molecule has 1 heterocycles. The third-order valence-corrected chi connectivity index (χ3v) is 2.43. The molecule has 0 saturated carbocycles. The second-order valence-electron chi connectivity index (χ2n) is 3.47. The molecule has 0 aliphatic carbocycles. The van der Waals surface area contributed by atoms with Gasteiger partial charge in [0.25, 0.3) is 5.89 Å². The summed E-state index contributed by atoms with van der Waals surface area (Å²) in [6.45, 7) is 1.58. The van der Waals surface area contributed by atoms with Gasteiger partial charge >= 0.3 is 5.97 Å². The molecule has 0 aliphatic rings. The van der Waals surface area contributed by atoms with Gasteiger partial charge in [-0.25, -0.2) is 4.79 Å². The molecule has 18 heavy (non-hydrogen) atoms. The summed E-state index contributed by atoms with van der Waals surface area (Å²) in [5.41, 5.74) is 0.267. The Kier molecular flexibility index (Phi) is 3.84. The molecule has 0 N–H and O–H groups in total. The van der Waals surface area contributed by atoms with Crippen molar-refractivity contribution < 1.29 is 14.1 Å². The maximum atomic E-state index is 11.7. The molecule has 0 amide bonds. The SMILES string of the molecule is Cc1noc(COC(=O)c2cc(Cl)cc(Cl)c2)n1. The number of aryl methyl sites for hydroxylation is 1. The van der Waals surface area contributed by atoms with Crippen molar-refractivity contribution in [2.24, 2.45) is 0 Å². The molecule has 0 radical (unpaired) electrons. The van der Waals surface area contributed by atoms with Gasteiger partial charge in [-0.3, -0.25) is 0 Å². The first-order chi connectivity index (χ1) is 8.54. The highest BCUT2D eigenvalue weighted by Gasteiger charge is 2.11. The van der Waals surface area contributed by atoms with Crippen LogP contribution >= 0.6 is 23.2 Å². The van der Waals surface area contributed by atoms with Gasteiger partial charge in [-0.15, -0.1) is 0 Å². The lowest BCUT2D eigenvalue weighted by Crippen LogP contribution is -2.05. The lowest BCUT2D eigenvalue weighted by molar-refractivity contribution is 0.0430. The topological polar surface area (TPSA) is 65.2 Å². The minimum Gasteiger partial charge on any atom is -0.452 e. The van der Waals surface area contributed by atoms with Crippen molar-refractivity contribution in [3.05, 3.63) is 45.5 Å². The van der Waals surface area contributed by atoms with Crippen LogP contribution in [0.25, 0.3) is 0 Å². The van der Waals surface area contributed by atoms with Crippen molar-refractivity contribution in [3.8, 4) is 0 Å². The highest BCUT2D eigenvalue weighted by atomic mass is 35.5. The van der Waals surface area contributed by atoms with Crippen LogP contribution in [0.2, 0.25) is 10.0 Å². The molecule has 0 aliphatic heterocycles. The first kappa shape index (κ1) is 12.9. The number of hydrogen-bond donors (Lipinski definition) is 0. The van der Waals surface area contributed by atoms with Gasteiger partial charge in [0.15, 0.2) is 12.4 Å². The van der Waals surface area contributed by atoms with Crippen LogP contribution in [0.1, 0.15) is 22.1 Å². The number of carbonyl (C=O) groups excluding carboxylic acids is 1. The summed E-state index contributed by atoms with van der Waals surface area (Å²) in [7, 11) is 0. The van der Waals surface area contributed by atoms with E-state index in [1.807, 2.05) is 0 Å². The fourth-order valence-electron chi connectivity index (χ4n) is 1.28. The van der Waals surface area contributed by atoms with E-state index in [9.17, 15) is 4.79 Å². The number of ether oxygens (including phenoxy) is 1. The van der Waals surface area contributed by atoms with Crippen LogP contribution in [0.4, 0.5) is 0 Å². The molecule has 0 atom stereocenters. The Labute approximate surface area is 113 Å². The molecule has 0 fully saturated rings. The first-order valence-electron chi connectivity index (χ1n) is 4.97. The van der Waals surface area contributed by atoms with Crippen LogP contribution in [-0.4, -0.2) is 16.1 Å². The summed E-state index contributed by atoms with van der Waals surface area (Å²) in [6, 6.07) is 4.46. The van der Waals surface area contributed by atoms with E-state index in [0.717, 1.165) is 0 Å². The van der Waals surface area contributed by atoms with Crippen LogP contribution in [0.15, 0.2) is 22.7 Å². The lowest BCUT2D eigenvalue weighted by atomic mass is 10.2. The van der Waals surface area contributed by atoms with E-state index in [2.05, 4.69) is 10.1 Å². The Morgan fingerprint density at radius 3 is 2.56 bits per heavy atom. The number of rotatable bonds is 3. The largest absolute Gasteiger partial charge is 0.452 e. The first-order valence-corrected chi connectivity index (χ1v) is 5.72. The van der Waals surface area contributed by atoms with E-state index < -0.39 is 5.97 Å². The molecular formula is C11H8Cl2N2O3. The van der Waals surface area contributed by atoms with Crippen molar-refractivity contribution >= 4 is 29.2 Å². The van der Waals surface area contributed by atoms with Crippen molar-refractivity contribution in [1.82, 2.24) is 10.1 Å². The Balaban J connectivity index is 2.03. The Hall–Kier alpha value is -1.59. The minimum absolute atomic E-state index is 0.0934. The number of aromatic nitrogens is 2. The summed E-state index contributed by atoms with van der Waals surface area (Å²) < 4.78 is 9.79. The van der Waals surface area contributed by atoms with Crippen LogP contribution in [-0.2, 0) is 11.3 Å². The van der Waals surface area contributed by atoms with Gasteiger partial charge in [-0.05, 0) is 25.1 Å². The molecule has 0 spiro atoms. The predicted molar refractivity (Wildman–Crippen MR) is 64.6 cm³/mol. The zero-order chi connectivity index (χ0) is 13.1. The zero-order valence-electron chi connectivity index (χ0n) is 9.31. The molecule has 94 valence electrons. The number of esters is 1. The summed E-state index contributed by atoms with van der Waals surface area (Å²) in [6.07, 6.45) is 0. The quantitative estimate of drug-likeness (QED) is 0.812. The monoisotopic (exact) mass is 286 g/mol. The minimum atomic E-state index is -0.560. The van der Waals surface area contributed by atoms with Crippen molar-refractivity contribution in [3.63, 3.8) is 0 Å². The number of halogens is 2. The summed E-state index contributed by atoms with van der Waals surface area (Å²) >= 11 is 11.6. The van der Waals surface area contributed by atoms with E-state index in [1.54, 1.807) is 6.92 Å². The third kappa shape index (κ3) is 3.21. The highest BCUT2D eigenvalue weighted by Crippen LogP contribution is 2.19. The molecule has 7 heteroatoms. The molecule has 2 aromatic rings. The Bertz CT molecular complexity index is 563. The number of hydrogen-bond acceptors (Lipinski definition) is 5. The number of benzene rings is 1. The van der Waals surface area contributed by atoms with E-state index in [1.165, 1.54) is 18.2 Å². The summed E-state index contributed by atoms with van der Waals surface area (Å²) in [5.74, 6) is 0.149. The molecule has 5 nitrogen and oxygen atoms in total. The van der Waals surface area contributed by atoms with Gasteiger partial charge in [0.1, 0.15) is 0 Å². The fourth-order valence-corrected chi connectivity index (χ4v) is 1.81. The highest BCUT2D eigenvalue weighted by molar-refractivity contribution is 6.35. The standard InChI is InChI=1S/C11H8Cl2N2O3/c1-6-14-10(18-15-6)5-17-11(16)7-2-8(12)4-9(13)3-7/h2-4H,5H2,1H3. The number of carbonyl (C=O) groups is 1. The average molecular weight is 287 g/mol. The Morgan fingerprint density at radius 2 is 2.00 bits per heavy atom. The van der Waals surface area contributed by atoms with Gasteiger partial charge in [0.05, 0.1) is 5.56 Å². The molecular weight excluding hydrogens is 279 g/mol. The number of nitrogens with zero attached hydrogens (tertiary/aromatic N) is 2. The van der Waals surface area contributed by atoms with Crippen molar-refractivity contribution in [2.45, 2.75) is 13.5 Å². The summed E-state index contributed by atoms with van der Waals surface area (Å²) in [5, 5.41) is 4.30. The maximum absolute atomic E-state index is 11.7. The van der Waals surface area contributed by atoms with Crippen LogP contribution in [0.3, 0.4) is 0 Å². The fraction of sp³-hybridized carbons (Fsp3) is 0.182. The molecule has 0 saturated heterocycles. The second-order valence-corrected chi connectivity index (χ2v) is 4.34. The van der Waals surface area contributed by atoms with Crippen molar-refractivity contribution in [2.75, 3.05) is 0 Å². The lowest BCUT2D eigenvalue weighted by Gasteiger charge is -2.03. The maximum Gasteiger partial charge on any atom is 0.338 e. The van der Waals surface area contributed by atoms with Gasteiger partial charge < -0.3 is 9.26 Å². The van der Waals surface area contributed by atoms with E-state index >= 15 is 0 Å². The predicted octanol–water partition coefficient (Wildman–Crippen LogP) is 3.04. The molecule has 1 aromatic carbocycles. The van der Waals surface area contributed by atoms with Crippen LogP contribution in [0, 0.1) is 6.92 Å². The Morgan fingerprint density at radius 1 is 1.33 bits per heavy atom. The smallest absolute Gasteiger partial charge is 0.338 e. The normalized spacial score (nSPS) is 10.4. The van der Waals surface area contributed by atoms with Crippen molar-refractivity contribution in [1.29, 1.82) is 0 Å². The average Bonchev–Trinajstić information content (AvgIpc) is 2.70. The second kappa shape index (κ2) is 5.37. The van der Waals surface area contributed by atoms with E-state index in [-0.39, 0.29) is 18.1 Å². The van der Waals surface area contributed by atoms with Gasteiger partial charge in [0, 0.05) is 10.0 Å². The van der Waals surface area contributed by atoms with Crippen LogP contribution in [0.5, 0.6) is 0 Å². The van der Waals surface area contributed by atoms with Gasteiger partial charge in [-0.2, -0.15) is 4.98 Å². The van der Waals surface area contributed by atoms with Gasteiger partial charge in [0.2, 0.25) is 0 Å². The molecule has 0 unspecified atom stereocenters. The molecule has 2 rings (SSSR count). The third-order valence-electron chi connectivity index (χ3n) is 1.99. The van der Waals surface area contributed by atoms with Crippen LogP contribution < -0.4 is 0 Å². The van der Waals surface area contributed by atoms with E-state index in [0.29, 0.717) is 15.9 Å². The summed E-state index contributed by atoms with van der Waals surface area (Å²) in [4.78, 5) is 15.6. The van der Waals surface area contributed by atoms with Gasteiger partial charge in [-0.1, -0.05) is 28.4 Å². The molecule has 1 aromatic heterocycles. The molecule has 0 bridgehead atoms. The van der Waals surface area contributed by atoms with E-state index in [4.69, 9.17) is 32.5 Å².